The summed E-state index contributed by atoms with van der Waals surface area (Å²) >= 11 is 1.75. The second kappa shape index (κ2) is 9.98. The molecule has 2 aromatic carbocycles. The van der Waals surface area contributed by atoms with Gasteiger partial charge >= 0.3 is 0 Å². The van der Waals surface area contributed by atoms with Crippen LogP contribution in [0.3, 0.4) is 0 Å². The van der Waals surface area contributed by atoms with E-state index in [-0.39, 0.29) is 5.91 Å². The van der Waals surface area contributed by atoms with Crippen LogP contribution in [0.5, 0.6) is 0 Å². The second-order valence-electron chi connectivity index (χ2n) is 6.90. The molecule has 4 aromatic rings. The highest BCUT2D eigenvalue weighted by atomic mass is 32.2. The number of nitrogens with one attached hydrogen (secondary N) is 1. The monoisotopic (exact) mass is 416 g/mol. The fourth-order valence-electron chi connectivity index (χ4n) is 3.22. The van der Waals surface area contributed by atoms with Crippen molar-refractivity contribution in [1.29, 1.82) is 0 Å². The lowest BCUT2D eigenvalue weighted by Crippen LogP contribution is -2.22. The summed E-state index contributed by atoms with van der Waals surface area (Å²) in [6, 6.07) is 24.1. The minimum absolute atomic E-state index is 0.0805. The zero-order valence-corrected chi connectivity index (χ0v) is 17.5. The molecular formula is C24H24N4OS. The van der Waals surface area contributed by atoms with Crippen LogP contribution in [-0.4, -0.2) is 26.0 Å². The lowest BCUT2D eigenvalue weighted by molar-refractivity contribution is -0.120. The quantitative estimate of drug-likeness (QED) is 0.406. The van der Waals surface area contributed by atoms with Gasteiger partial charge in [-0.05, 0) is 29.8 Å². The zero-order chi connectivity index (χ0) is 20.6. The standard InChI is InChI=1S/C24H24N4OS/c29-23(25-17-20-9-3-1-4-10-20)13-16-30-19-21-18-26-28(22-11-5-2-6-12-22)24(21)27-14-7-8-15-27/h1-12,14-15,18H,13,16-17,19H2,(H,25,29). The molecule has 1 amide bonds. The van der Waals surface area contributed by atoms with Gasteiger partial charge < -0.3 is 9.88 Å². The molecule has 0 aliphatic rings. The first kappa shape index (κ1) is 20.0. The molecule has 4 rings (SSSR count). The van der Waals surface area contributed by atoms with E-state index in [9.17, 15) is 4.79 Å². The van der Waals surface area contributed by atoms with Gasteiger partial charge in [0.05, 0.1) is 11.9 Å². The van der Waals surface area contributed by atoms with Crippen LogP contribution in [0.15, 0.2) is 91.4 Å². The molecule has 0 saturated heterocycles. The van der Waals surface area contributed by atoms with Gasteiger partial charge in [0.25, 0.3) is 0 Å². The van der Waals surface area contributed by atoms with Crippen molar-refractivity contribution in [3.63, 3.8) is 0 Å². The van der Waals surface area contributed by atoms with E-state index in [0.717, 1.165) is 34.1 Å². The number of rotatable bonds is 9. The van der Waals surface area contributed by atoms with Crippen LogP contribution in [0, 0.1) is 0 Å². The van der Waals surface area contributed by atoms with Crippen LogP contribution in [0.2, 0.25) is 0 Å². The van der Waals surface area contributed by atoms with E-state index in [1.54, 1.807) is 11.8 Å². The van der Waals surface area contributed by atoms with Gasteiger partial charge in [0.2, 0.25) is 5.91 Å². The van der Waals surface area contributed by atoms with Crippen LogP contribution in [0.1, 0.15) is 17.5 Å². The van der Waals surface area contributed by atoms with Gasteiger partial charge in [-0.25, -0.2) is 4.68 Å². The summed E-state index contributed by atoms with van der Waals surface area (Å²) in [6.07, 6.45) is 6.48. The number of amides is 1. The maximum atomic E-state index is 12.1. The van der Waals surface area contributed by atoms with E-state index in [4.69, 9.17) is 0 Å². The molecule has 2 aromatic heterocycles. The van der Waals surface area contributed by atoms with Gasteiger partial charge in [0.1, 0.15) is 5.82 Å². The summed E-state index contributed by atoms with van der Waals surface area (Å²) < 4.78 is 4.05. The molecule has 30 heavy (non-hydrogen) atoms. The minimum atomic E-state index is 0.0805. The second-order valence-corrected chi connectivity index (χ2v) is 8.00. The maximum Gasteiger partial charge on any atom is 0.221 e. The van der Waals surface area contributed by atoms with Gasteiger partial charge in [-0.2, -0.15) is 16.9 Å². The number of carbonyl (C=O) groups excluding carboxylic acids is 1. The first-order valence-electron chi connectivity index (χ1n) is 9.95. The number of thioether (sulfide) groups is 1. The fourth-order valence-corrected chi connectivity index (χ4v) is 4.12. The Labute approximate surface area is 180 Å². The Morgan fingerprint density at radius 3 is 2.37 bits per heavy atom. The number of benzene rings is 2. The molecule has 0 radical (unpaired) electrons. The van der Waals surface area contributed by atoms with Crippen LogP contribution in [0.4, 0.5) is 0 Å². The first-order chi connectivity index (χ1) is 14.8. The van der Waals surface area contributed by atoms with Crippen molar-refractivity contribution in [2.24, 2.45) is 0 Å². The molecule has 0 aliphatic heterocycles. The lowest BCUT2D eigenvalue weighted by Gasteiger charge is -2.11. The van der Waals surface area contributed by atoms with Gasteiger partial charge in [-0.3, -0.25) is 4.79 Å². The Morgan fingerprint density at radius 2 is 1.63 bits per heavy atom. The molecule has 152 valence electrons. The van der Waals surface area contributed by atoms with Gasteiger partial charge in [0.15, 0.2) is 0 Å². The van der Waals surface area contributed by atoms with Crippen LogP contribution in [0.25, 0.3) is 11.5 Å². The Morgan fingerprint density at radius 1 is 0.933 bits per heavy atom. The number of hydrogen-bond donors (Lipinski definition) is 1. The summed E-state index contributed by atoms with van der Waals surface area (Å²) in [5, 5.41) is 7.61. The summed E-state index contributed by atoms with van der Waals surface area (Å²) in [5.74, 6) is 2.68. The number of aromatic nitrogens is 3. The summed E-state index contributed by atoms with van der Waals surface area (Å²) in [4.78, 5) is 12.1. The maximum absolute atomic E-state index is 12.1. The van der Waals surface area contributed by atoms with Crippen LogP contribution in [-0.2, 0) is 17.1 Å². The number of nitrogens with zero attached hydrogens (tertiary/aromatic N) is 3. The van der Waals surface area contributed by atoms with Crippen molar-refractivity contribution >= 4 is 17.7 Å². The summed E-state index contributed by atoms with van der Waals surface area (Å²) in [5.41, 5.74) is 3.28. The average Bonchev–Trinajstić information content (AvgIpc) is 3.46. The molecule has 6 heteroatoms. The minimum Gasteiger partial charge on any atom is -0.352 e. The van der Waals surface area contributed by atoms with Gasteiger partial charge in [-0.15, -0.1) is 0 Å². The van der Waals surface area contributed by atoms with Crippen molar-refractivity contribution in [2.75, 3.05) is 5.75 Å². The Hall–Kier alpha value is -3.25. The number of hydrogen-bond acceptors (Lipinski definition) is 3. The van der Waals surface area contributed by atoms with Crippen molar-refractivity contribution in [3.05, 3.63) is 103 Å². The van der Waals surface area contributed by atoms with E-state index < -0.39 is 0 Å². The highest BCUT2D eigenvalue weighted by Gasteiger charge is 2.14. The first-order valence-corrected chi connectivity index (χ1v) is 11.1. The molecule has 0 saturated carbocycles. The summed E-state index contributed by atoms with van der Waals surface area (Å²) in [6.45, 7) is 0.575. The molecule has 1 N–H and O–H groups in total. The van der Waals surface area contributed by atoms with Gasteiger partial charge in [0, 0.05) is 42.4 Å². The smallest absolute Gasteiger partial charge is 0.221 e. The molecular weight excluding hydrogens is 392 g/mol. The molecule has 5 nitrogen and oxygen atoms in total. The fraction of sp³-hybridized carbons (Fsp3) is 0.167. The van der Waals surface area contributed by atoms with Crippen molar-refractivity contribution in [3.8, 4) is 11.5 Å². The number of para-hydroxylation sites is 1. The SMILES string of the molecule is O=C(CCSCc1cnn(-c2ccccc2)c1-n1cccc1)NCc1ccccc1. The average molecular weight is 417 g/mol. The van der Waals surface area contributed by atoms with E-state index >= 15 is 0 Å². The molecule has 0 fully saturated rings. The molecule has 0 aliphatic carbocycles. The van der Waals surface area contributed by atoms with Crippen LogP contribution < -0.4 is 5.32 Å². The predicted octanol–water partition coefficient (Wildman–Crippen LogP) is 4.60. The largest absolute Gasteiger partial charge is 0.352 e. The summed E-state index contributed by atoms with van der Waals surface area (Å²) in [7, 11) is 0. The van der Waals surface area contributed by atoms with Gasteiger partial charge in [-0.1, -0.05) is 48.5 Å². The van der Waals surface area contributed by atoms with Crippen molar-refractivity contribution in [1.82, 2.24) is 19.7 Å². The van der Waals surface area contributed by atoms with Crippen molar-refractivity contribution in [2.45, 2.75) is 18.7 Å². The highest BCUT2D eigenvalue weighted by Crippen LogP contribution is 2.23. The van der Waals surface area contributed by atoms with E-state index in [1.807, 2.05) is 96.1 Å². The zero-order valence-electron chi connectivity index (χ0n) is 16.6. The molecule has 0 atom stereocenters. The normalized spacial score (nSPS) is 10.8. The third kappa shape index (κ3) is 5.02. The molecule has 0 unspecified atom stereocenters. The molecule has 2 heterocycles. The Bertz CT molecular complexity index is 1060. The highest BCUT2D eigenvalue weighted by molar-refractivity contribution is 7.98. The predicted molar refractivity (Wildman–Crippen MR) is 122 cm³/mol. The van der Waals surface area contributed by atoms with E-state index in [2.05, 4.69) is 15.0 Å². The Balaban J connectivity index is 1.35. The molecule has 0 spiro atoms. The van der Waals surface area contributed by atoms with Crippen LogP contribution >= 0.6 is 11.8 Å². The Kier molecular flexibility index (Phi) is 6.67. The topological polar surface area (TPSA) is 51.9 Å². The lowest BCUT2D eigenvalue weighted by atomic mass is 10.2. The number of carbonyl (C=O) groups is 1. The van der Waals surface area contributed by atoms with E-state index in [0.29, 0.717) is 13.0 Å². The third-order valence-corrected chi connectivity index (χ3v) is 5.74. The third-order valence-electron chi connectivity index (χ3n) is 4.73. The molecule has 0 bridgehead atoms. The van der Waals surface area contributed by atoms with Crippen molar-refractivity contribution < 1.29 is 4.79 Å². The van der Waals surface area contributed by atoms with E-state index in [1.165, 1.54) is 0 Å².